The number of carbonyl (C=O) groups is 1. The van der Waals surface area contributed by atoms with Crippen LogP contribution in [-0.2, 0) is 10.0 Å². The summed E-state index contributed by atoms with van der Waals surface area (Å²) in [6.45, 7) is 1.41. The molecular weight excluding hydrogens is 277 g/mol. The third-order valence-electron chi connectivity index (χ3n) is 2.32. The number of carboxylic acids is 1. The first-order valence-corrected chi connectivity index (χ1v) is 6.93. The molecule has 1 aromatic carbocycles. The number of hydrogen-bond acceptors (Lipinski definition) is 4. The lowest BCUT2D eigenvalue weighted by Crippen LogP contribution is -2.27. The van der Waals surface area contributed by atoms with Crippen LogP contribution in [0.15, 0.2) is 23.1 Å². The van der Waals surface area contributed by atoms with E-state index in [0.717, 1.165) is 18.2 Å². The van der Waals surface area contributed by atoms with Crippen LogP contribution < -0.4 is 4.72 Å². The van der Waals surface area contributed by atoms with Crippen LogP contribution in [0.1, 0.15) is 23.7 Å². The number of sulfonamides is 1. The number of hydrogen-bond donors (Lipinski definition) is 3. The van der Waals surface area contributed by atoms with Crippen LogP contribution in [0.5, 0.6) is 0 Å². The van der Waals surface area contributed by atoms with Gasteiger partial charge in [0.25, 0.3) is 0 Å². The van der Waals surface area contributed by atoms with Crippen molar-refractivity contribution in [2.24, 2.45) is 0 Å². The van der Waals surface area contributed by atoms with E-state index in [0.29, 0.717) is 0 Å². The molecule has 1 atom stereocenters. The summed E-state index contributed by atoms with van der Waals surface area (Å²) in [6, 6.07) is 2.52. The molecule has 106 valence electrons. The Hall–Kier alpha value is -1.51. The molecule has 1 aromatic rings. The molecule has 0 spiro atoms. The fourth-order valence-corrected chi connectivity index (χ4v) is 2.47. The number of carboxylic acid groups (broad SMARTS) is 1. The number of aliphatic hydroxyl groups excluding tert-OH is 1. The van der Waals surface area contributed by atoms with Gasteiger partial charge in [0.05, 0.1) is 11.7 Å². The summed E-state index contributed by atoms with van der Waals surface area (Å²) in [5, 5.41) is 17.7. The molecule has 0 amide bonds. The second-order valence-electron chi connectivity index (χ2n) is 3.99. The van der Waals surface area contributed by atoms with Crippen LogP contribution in [0.4, 0.5) is 4.39 Å². The minimum atomic E-state index is -4.14. The predicted octanol–water partition coefficient (Wildman–Crippen LogP) is 0.573. The third-order valence-corrected chi connectivity index (χ3v) is 3.80. The smallest absolute Gasteiger partial charge is 0.335 e. The predicted molar refractivity (Wildman–Crippen MR) is 64.8 cm³/mol. The van der Waals surface area contributed by atoms with E-state index in [1.54, 1.807) is 0 Å². The Labute approximate surface area is 109 Å². The van der Waals surface area contributed by atoms with Crippen LogP contribution in [0.3, 0.4) is 0 Å². The Morgan fingerprint density at radius 3 is 2.63 bits per heavy atom. The van der Waals surface area contributed by atoms with Crippen LogP contribution in [0.2, 0.25) is 0 Å². The van der Waals surface area contributed by atoms with Gasteiger partial charge in [0.15, 0.2) is 0 Å². The number of aromatic carboxylic acids is 1. The number of halogens is 1. The van der Waals surface area contributed by atoms with E-state index in [1.165, 1.54) is 6.92 Å². The van der Waals surface area contributed by atoms with Gasteiger partial charge in [0.2, 0.25) is 10.0 Å². The standard InChI is InChI=1S/C11H14FNO5S/c1-7(14)4-5-13-19(17,18)10-6-8(11(15)16)2-3-9(10)12/h2-3,6-7,13-14H,4-5H2,1H3,(H,15,16). The maximum atomic E-state index is 13.5. The summed E-state index contributed by atoms with van der Waals surface area (Å²) in [6.07, 6.45) is -0.530. The molecular formula is C11H14FNO5S. The molecule has 1 unspecified atom stereocenters. The van der Waals surface area contributed by atoms with Crippen molar-refractivity contribution in [1.29, 1.82) is 0 Å². The van der Waals surface area contributed by atoms with Gasteiger partial charge >= 0.3 is 5.97 Å². The van der Waals surface area contributed by atoms with E-state index in [-0.39, 0.29) is 18.5 Å². The maximum Gasteiger partial charge on any atom is 0.335 e. The van der Waals surface area contributed by atoms with Gasteiger partial charge in [-0.15, -0.1) is 0 Å². The maximum absolute atomic E-state index is 13.5. The van der Waals surface area contributed by atoms with E-state index < -0.39 is 32.8 Å². The number of benzene rings is 1. The SMILES string of the molecule is CC(O)CCNS(=O)(=O)c1cc(C(=O)O)ccc1F. The molecule has 1 rings (SSSR count). The van der Waals surface area contributed by atoms with Crippen LogP contribution in [0, 0.1) is 5.82 Å². The van der Waals surface area contributed by atoms with Gasteiger partial charge in [-0.05, 0) is 31.5 Å². The second-order valence-corrected chi connectivity index (χ2v) is 5.72. The third kappa shape index (κ3) is 4.27. The minimum absolute atomic E-state index is 0.0727. The van der Waals surface area contributed by atoms with Crippen molar-refractivity contribution >= 4 is 16.0 Å². The van der Waals surface area contributed by atoms with Gasteiger partial charge in [0, 0.05) is 6.54 Å². The fourth-order valence-electron chi connectivity index (χ4n) is 1.32. The zero-order valence-electron chi connectivity index (χ0n) is 10.1. The van der Waals surface area contributed by atoms with Crippen molar-refractivity contribution in [2.75, 3.05) is 6.54 Å². The lowest BCUT2D eigenvalue weighted by atomic mass is 10.2. The van der Waals surface area contributed by atoms with Crippen molar-refractivity contribution in [1.82, 2.24) is 4.72 Å². The normalized spacial score (nSPS) is 13.2. The van der Waals surface area contributed by atoms with Gasteiger partial charge in [-0.3, -0.25) is 0 Å². The van der Waals surface area contributed by atoms with Crippen molar-refractivity contribution in [3.05, 3.63) is 29.6 Å². The molecule has 3 N–H and O–H groups in total. The molecule has 0 aromatic heterocycles. The van der Waals surface area contributed by atoms with Gasteiger partial charge in [-0.2, -0.15) is 0 Å². The summed E-state index contributed by atoms with van der Waals surface area (Å²) in [7, 11) is -4.14. The average Bonchev–Trinajstić information content (AvgIpc) is 2.28. The molecule has 0 aliphatic heterocycles. The van der Waals surface area contributed by atoms with Crippen molar-refractivity contribution in [3.8, 4) is 0 Å². The first-order valence-electron chi connectivity index (χ1n) is 5.44. The highest BCUT2D eigenvalue weighted by atomic mass is 32.2. The molecule has 0 saturated carbocycles. The molecule has 0 saturated heterocycles. The molecule has 0 aliphatic carbocycles. The van der Waals surface area contributed by atoms with Crippen molar-refractivity contribution in [3.63, 3.8) is 0 Å². The molecule has 19 heavy (non-hydrogen) atoms. The van der Waals surface area contributed by atoms with Gasteiger partial charge in [-0.25, -0.2) is 22.3 Å². The summed E-state index contributed by atoms with van der Waals surface area (Å²) in [4.78, 5) is 10.00. The molecule has 0 aliphatic rings. The lowest BCUT2D eigenvalue weighted by Gasteiger charge is -2.09. The summed E-state index contributed by atoms with van der Waals surface area (Å²) >= 11 is 0. The van der Waals surface area contributed by atoms with E-state index in [2.05, 4.69) is 4.72 Å². The zero-order chi connectivity index (χ0) is 14.6. The number of nitrogens with one attached hydrogen (secondary N) is 1. The zero-order valence-corrected chi connectivity index (χ0v) is 10.9. The van der Waals surface area contributed by atoms with Gasteiger partial charge in [0.1, 0.15) is 10.7 Å². The lowest BCUT2D eigenvalue weighted by molar-refractivity contribution is 0.0696. The Morgan fingerprint density at radius 2 is 2.11 bits per heavy atom. The highest BCUT2D eigenvalue weighted by Gasteiger charge is 2.20. The first-order chi connectivity index (χ1) is 8.74. The molecule has 6 nitrogen and oxygen atoms in total. The minimum Gasteiger partial charge on any atom is -0.478 e. The first kappa shape index (κ1) is 15.5. The summed E-state index contributed by atoms with van der Waals surface area (Å²) in [5.74, 6) is -2.38. The number of rotatable bonds is 6. The highest BCUT2D eigenvalue weighted by molar-refractivity contribution is 7.89. The Morgan fingerprint density at radius 1 is 1.47 bits per heavy atom. The van der Waals surface area contributed by atoms with E-state index in [1.807, 2.05) is 0 Å². The monoisotopic (exact) mass is 291 g/mol. The molecule has 0 heterocycles. The quantitative estimate of drug-likeness (QED) is 0.711. The molecule has 0 bridgehead atoms. The van der Waals surface area contributed by atoms with Crippen LogP contribution in [-0.4, -0.2) is 37.2 Å². The second kappa shape index (κ2) is 6.09. The van der Waals surface area contributed by atoms with Crippen LogP contribution in [0.25, 0.3) is 0 Å². The van der Waals surface area contributed by atoms with E-state index in [4.69, 9.17) is 10.2 Å². The van der Waals surface area contributed by atoms with E-state index in [9.17, 15) is 17.6 Å². The topological polar surface area (TPSA) is 104 Å². The number of aliphatic hydroxyl groups is 1. The Kier molecular flexibility index (Phi) is 4.98. The molecule has 8 heteroatoms. The molecule has 0 radical (unpaired) electrons. The van der Waals surface area contributed by atoms with Gasteiger partial charge in [-0.1, -0.05) is 0 Å². The van der Waals surface area contributed by atoms with Crippen molar-refractivity contribution < 1.29 is 27.8 Å². The van der Waals surface area contributed by atoms with Crippen molar-refractivity contribution in [2.45, 2.75) is 24.3 Å². The highest BCUT2D eigenvalue weighted by Crippen LogP contribution is 2.16. The van der Waals surface area contributed by atoms with Crippen LogP contribution >= 0.6 is 0 Å². The average molecular weight is 291 g/mol. The largest absolute Gasteiger partial charge is 0.478 e. The fraction of sp³-hybridized carbons (Fsp3) is 0.364. The Balaban J connectivity index is 3.00. The van der Waals surface area contributed by atoms with Gasteiger partial charge < -0.3 is 10.2 Å². The summed E-state index contributed by atoms with van der Waals surface area (Å²) < 4.78 is 39.1. The summed E-state index contributed by atoms with van der Waals surface area (Å²) in [5.41, 5.74) is -0.322. The Bertz CT molecular complexity index is 570. The molecule has 0 fully saturated rings. The van der Waals surface area contributed by atoms with E-state index >= 15 is 0 Å².